The number of nitrogens with one attached hydrogen (secondary N) is 2. The lowest BCUT2D eigenvalue weighted by molar-refractivity contribution is -0.639. The highest BCUT2D eigenvalue weighted by molar-refractivity contribution is 6.19. The highest BCUT2D eigenvalue weighted by atomic mass is 16.7. The normalized spacial score (nSPS) is 13.7. The van der Waals surface area contributed by atoms with Gasteiger partial charge in [-0.2, -0.15) is 0 Å². The van der Waals surface area contributed by atoms with E-state index in [1.807, 2.05) is 13.0 Å². The molecule has 2 atom stereocenters. The number of hydrogen-bond donors (Lipinski definition) is 3. The van der Waals surface area contributed by atoms with Crippen molar-refractivity contribution in [1.29, 1.82) is 0 Å². The molecule has 0 fully saturated rings. The number of para-hydroxylation sites is 3. The van der Waals surface area contributed by atoms with E-state index in [4.69, 9.17) is 20.0 Å². The molecule has 0 aromatic heterocycles. The second-order valence-corrected chi connectivity index (χ2v) is 14.3. The fourth-order valence-electron chi connectivity index (χ4n) is 5.59. The van der Waals surface area contributed by atoms with Crippen molar-refractivity contribution in [3.05, 3.63) is 119 Å². The van der Waals surface area contributed by atoms with Gasteiger partial charge in [-0.25, -0.2) is 0 Å². The van der Waals surface area contributed by atoms with Crippen LogP contribution in [-0.2, 0) is 25.2 Å². The highest BCUT2D eigenvalue weighted by Crippen LogP contribution is 2.39. The second kappa shape index (κ2) is 17.4. The summed E-state index contributed by atoms with van der Waals surface area (Å²) in [4.78, 5) is 46.9. The Hall–Kier alpha value is -5.75. The van der Waals surface area contributed by atoms with Gasteiger partial charge in [0.25, 0.3) is 11.7 Å². The third kappa shape index (κ3) is 9.06. The lowest BCUT2D eigenvalue weighted by Crippen LogP contribution is -2.58. The average molecular weight is 738 g/mol. The first-order valence-electron chi connectivity index (χ1n) is 18.0. The lowest BCUT2D eigenvalue weighted by Gasteiger charge is -2.31. The minimum atomic E-state index is -2.90. The number of carbonyl (C=O) groups is 3. The van der Waals surface area contributed by atoms with E-state index in [-0.39, 0.29) is 38.4 Å². The number of ketones is 1. The van der Waals surface area contributed by atoms with Crippen molar-refractivity contribution in [3.8, 4) is 11.5 Å². The molecule has 0 aliphatic heterocycles. The fourth-order valence-corrected chi connectivity index (χ4v) is 5.59. The molecule has 4 aromatic rings. The number of amides is 2. The van der Waals surface area contributed by atoms with Crippen LogP contribution in [0, 0.1) is 5.21 Å². The van der Waals surface area contributed by atoms with Crippen molar-refractivity contribution in [2.75, 3.05) is 23.5 Å². The number of Topliss-reactive ketones (excluding diaryl/α,β-unsaturated/α-hetero) is 1. The molecule has 54 heavy (non-hydrogen) atoms. The van der Waals surface area contributed by atoms with Gasteiger partial charge in [-0.15, -0.1) is 0 Å². The number of rotatable bonds is 17. The first-order chi connectivity index (χ1) is 25.6. The lowest BCUT2D eigenvalue weighted by atomic mass is 9.76. The molecule has 2 amide bonds. The van der Waals surface area contributed by atoms with Gasteiger partial charge in [0.05, 0.1) is 5.69 Å². The van der Waals surface area contributed by atoms with Crippen LogP contribution in [-0.4, -0.2) is 41.4 Å². The zero-order chi connectivity index (χ0) is 39.7. The maximum atomic E-state index is 14.3. The number of hydrogen-bond acceptors (Lipinski definition) is 9. The van der Waals surface area contributed by atoms with E-state index in [0.29, 0.717) is 17.9 Å². The third-order valence-corrected chi connectivity index (χ3v) is 9.93. The van der Waals surface area contributed by atoms with Crippen molar-refractivity contribution >= 4 is 34.7 Å². The van der Waals surface area contributed by atoms with Gasteiger partial charge >= 0.3 is 11.6 Å². The van der Waals surface area contributed by atoms with Gasteiger partial charge in [-0.3, -0.25) is 14.4 Å². The molecule has 0 radical (unpaired) electrons. The molecule has 286 valence electrons. The summed E-state index contributed by atoms with van der Waals surface area (Å²) in [6.45, 7) is 14.8. The maximum Gasteiger partial charge on any atom is 0.450 e. The van der Waals surface area contributed by atoms with Crippen LogP contribution >= 0.6 is 0 Å². The molecule has 0 aliphatic carbocycles. The molecule has 0 spiro atoms. The SMILES string of the molecule is CCC(Oc1ccc(C(C)(C)CC)cc1C(C)(C)CC)C(=O)Nc1cccc(C(=O)C(OC)(C(=O)Nc2ccccc2)[N+]([O-])=NOc2ccccc2N)c1. The van der Waals surface area contributed by atoms with Crippen molar-refractivity contribution in [2.24, 2.45) is 5.28 Å². The van der Waals surface area contributed by atoms with Crippen molar-refractivity contribution < 1.29 is 33.6 Å². The summed E-state index contributed by atoms with van der Waals surface area (Å²) in [5.41, 5.74) is 5.51. The average Bonchev–Trinajstić information content (AvgIpc) is 3.17. The van der Waals surface area contributed by atoms with Crippen LogP contribution in [0.25, 0.3) is 0 Å². The zero-order valence-electron chi connectivity index (χ0n) is 32.3. The zero-order valence-corrected chi connectivity index (χ0v) is 32.3. The molecule has 4 rings (SSSR count). The fraction of sp³-hybridized carbons (Fsp3) is 0.357. The Morgan fingerprint density at radius 3 is 2.07 bits per heavy atom. The molecule has 12 heteroatoms. The molecular weight excluding hydrogens is 686 g/mol. The molecule has 0 saturated heterocycles. The number of ether oxygens (including phenoxy) is 2. The van der Waals surface area contributed by atoms with Crippen molar-refractivity contribution in [3.63, 3.8) is 0 Å². The topological polar surface area (TPSA) is 167 Å². The van der Waals surface area contributed by atoms with Gasteiger partial charge in [0.2, 0.25) is 5.28 Å². The van der Waals surface area contributed by atoms with Crippen molar-refractivity contribution in [1.82, 2.24) is 0 Å². The first-order valence-corrected chi connectivity index (χ1v) is 18.0. The summed E-state index contributed by atoms with van der Waals surface area (Å²) in [5, 5.41) is 22.6. The number of benzene rings is 4. The number of nitrogens with zero attached hydrogens (tertiary/aromatic N) is 2. The Kier molecular flexibility index (Phi) is 13.2. The van der Waals surface area contributed by atoms with Crippen LogP contribution in [0.15, 0.2) is 102 Å². The van der Waals surface area contributed by atoms with Crippen LogP contribution in [0.1, 0.15) is 89.2 Å². The number of anilines is 3. The number of nitrogen functional groups attached to an aromatic ring is 1. The van der Waals surface area contributed by atoms with Gasteiger partial charge < -0.3 is 35.9 Å². The minimum absolute atomic E-state index is 0.0165. The Morgan fingerprint density at radius 1 is 0.796 bits per heavy atom. The Morgan fingerprint density at radius 2 is 1.44 bits per heavy atom. The van der Waals surface area contributed by atoms with Crippen molar-refractivity contribution in [2.45, 2.75) is 90.4 Å². The summed E-state index contributed by atoms with van der Waals surface area (Å²) in [5.74, 6) is -2.03. The van der Waals surface area contributed by atoms with Gasteiger partial charge in [-0.05, 0) is 83.0 Å². The van der Waals surface area contributed by atoms with Crippen LogP contribution < -0.4 is 25.9 Å². The van der Waals surface area contributed by atoms with E-state index >= 15 is 0 Å². The van der Waals surface area contributed by atoms with Gasteiger partial charge in [0.15, 0.2) is 11.9 Å². The van der Waals surface area contributed by atoms with E-state index in [1.165, 1.54) is 35.9 Å². The molecule has 0 heterocycles. The predicted molar refractivity (Wildman–Crippen MR) is 210 cm³/mol. The van der Waals surface area contributed by atoms with Crippen LogP contribution in [0.3, 0.4) is 0 Å². The predicted octanol–water partition coefficient (Wildman–Crippen LogP) is 8.56. The van der Waals surface area contributed by atoms with Gasteiger partial charge in [0.1, 0.15) is 5.75 Å². The van der Waals surface area contributed by atoms with E-state index in [1.54, 1.807) is 48.5 Å². The third-order valence-electron chi connectivity index (χ3n) is 9.93. The molecule has 2 unspecified atom stereocenters. The minimum Gasteiger partial charge on any atom is -0.594 e. The van der Waals surface area contributed by atoms with E-state index < -0.39 is 29.4 Å². The van der Waals surface area contributed by atoms with Crippen LogP contribution in [0.5, 0.6) is 11.5 Å². The standard InChI is InChI=1S/C42H51N5O7/c1-9-34(53-35-25-24-29(40(4,5)10-2)27-32(35)41(6,7)11-3)38(49)44-31-21-17-18-28(26-31)37(48)42(52-8,39(50)45-30-19-13-12-14-20-30)47(51)46-54-36-23-16-15-22-33(36)43/h12-27,34H,9-11,43H2,1-8H3,(H,44,49)(H,45,50). The molecule has 4 N–H and O–H groups in total. The Bertz CT molecular complexity index is 1980. The molecule has 4 aromatic carbocycles. The number of hydroxylamine groups is 1. The van der Waals surface area contributed by atoms with Gasteiger partial charge in [0, 0.05) is 29.6 Å². The first kappa shape index (κ1) is 41.0. The van der Waals surface area contributed by atoms with E-state index in [0.717, 1.165) is 25.5 Å². The monoisotopic (exact) mass is 737 g/mol. The summed E-state index contributed by atoms with van der Waals surface area (Å²) < 4.78 is 11.9. The maximum absolute atomic E-state index is 14.3. The highest BCUT2D eigenvalue weighted by Gasteiger charge is 2.59. The summed E-state index contributed by atoms with van der Waals surface area (Å²) in [7, 11) is 1.03. The quantitative estimate of drug-likeness (QED) is 0.0184. The number of nitrogens with two attached hydrogens (primary N) is 1. The summed E-state index contributed by atoms with van der Waals surface area (Å²) >= 11 is 0. The Labute approximate surface area is 317 Å². The molecule has 12 nitrogen and oxygen atoms in total. The van der Waals surface area contributed by atoms with E-state index in [2.05, 4.69) is 69.6 Å². The molecule has 0 aliphatic rings. The number of methoxy groups -OCH3 is 1. The molecule has 0 bridgehead atoms. The summed E-state index contributed by atoms with van der Waals surface area (Å²) in [6, 6.07) is 26.5. The largest absolute Gasteiger partial charge is 0.594 e. The van der Waals surface area contributed by atoms with E-state index in [9.17, 15) is 19.6 Å². The summed E-state index contributed by atoms with van der Waals surface area (Å²) in [6.07, 6.45) is 1.29. The second-order valence-electron chi connectivity index (χ2n) is 14.3. The van der Waals surface area contributed by atoms with Gasteiger partial charge in [-0.1, -0.05) is 103 Å². The molecule has 0 saturated carbocycles. The Balaban J connectivity index is 1.66. The molecular formula is C42H51N5O7. The van der Waals surface area contributed by atoms with Crippen LogP contribution in [0.2, 0.25) is 0 Å². The van der Waals surface area contributed by atoms with Crippen LogP contribution in [0.4, 0.5) is 17.1 Å². The smallest absolute Gasteiger partial charge is 0.450 e. The number of carbonyl (C=O) groups excluding carboxylic acids is 3.